The van der Waals surface area contributed by atoms with Crippen molar-refractivity contribution >= 4 is 27.3 Å². The molecule has 1 aliphatic heterocycles. The summed E-state index contributed by atoms with van der Waals surface area (Å²) in [5.41, 5.74) is 5.80. The fourth-order valence-electron chi connectivity index (χ4n) is 2.21. The monoisotopic (exact) mass is 274 g/mol. The van der Waals surface area contributed by atoms with E-state index in [1.165, 1.54) is 21.6 Å². The fourth-order valence-corrected chi connectivity index (χ4v) is 3.89. The summed E-state index contributed by atoms with van der Waals surface area (Å²) in [6, 6.07) is 4.88. The Morgan fingerprint density at radius 1 is 1.64 bits per heavy atom. The van der Waals surface area contributed by atoms with Crippen LogP contribution in [-0.4, -0.2) is 25.0 Å². The minimum Gasteiger partial charge on any atom is -0.330 e. The number of hydrogen-bond acceptors (Lipinski definition) is 3. The highest BCUT2D eigenvalue weighted by atomic mass is 79.9. The van der Waals surface area contributed by atoms with E-state index in [0.29, 0.717) is 12.0 Å². The summed E-state index contributed by atoms with van der Waals surface area (Å²) in [4.78, 5) is 3.85. The Kier molecular flexibility index (Phi) is 3.27. The molecular formula is C10H15BrN2S. The number of thiophene rings is 1. The van der Waals surface area contributed by atoms with E-state index in [1.807, 2.05) is 11.3 Å². The lowest BCUT2D eigenvalue weighted by Crippen LogP contribution is -2.24. The van der Waals surface area contributed by atoms with Gasteiger partial charge in [-0.3, -0.25) is 4.90 Å². The first-order valence-corrected chi connectivity index (χ1v) is 6.49. The van der Waals surface area contributed by atoms with Crippen LogP contribution in [0.5, 0.6) is 0 Å². The van der Waals surface area contributed by atoms with Crippen molar-refractivity contribution in [2.24, 2.45) is 11.7 Å². The molecule has 2 unspecified atom stereocenters. The number of likely N-dealkylation sites (tertiary alicyclic amines) is 1. The summed E-state index contributed by atoms with van der Waals surface area (Å²) >= 11 is 5.34. The molecular weight excluding hydrogens is 260 g/mol. The first-order chi connectivity index (χ1) is 6.72. The molecule has 0 spiro atoms. The van der Waals surface area contributed by atoms with Crippen molar-refractivity contribution in [3.05, 3.63) is 20.8 Å². The molecule has 0 radical (unpaired) electrons. The highest BCUT2D eigenvalue weighted by Gasteiger charge is 2.32. The Labute approximate surface area is 97.2 Å². The van der Waals surface area contributed by atoms with Gasteiger partial charge in [-0.05, 0) is 60.5 Å². The summed E-state index contributed by atoms with van der Waals surface area (Å²) < 4.78 is 1.21. The van der Waals surface area contributed by atoms with Crippen molar-refractivity contribution in [1.82, 2.24) is 4.90 Å². The van der Waals surface area contributed by atoms with Crippen molar-refractivity contribution in [3.63, 3.8) is 0 Å². The molecule has 0 amide bonds. The van der Waals surface area contributed by atoms with Crippen LogP contribution in [0.4, 0.5) is 0 Å². The molecule has 14 heavy (non-hydrogen) atoms. The molecule has 0 aromatic carbocycles. The number of rotatable bonds is 2. The predicted octanol–water partition coefficient (Wildman–Crippen LogP) is 2.46. The summed E-state index contributed by atoms with van der Waals surface area (Å²) in [5, 5.41) is 0. The Balaban J connectivity index is 2.22. The Morgan fingerprint density at radius 2 is 2.43 bits per heavy atom. The van der Waals surface area contributed by atoms with Gasteiger partial charge in [-0.2, -0.15) is 0 Å². The van der Waals surface area contributed by atoms with Gasteiger partial charge in [0.1, 0.15) is 0 Å². The second-order valence-corrected chi connectivity index (χ2v) is 6.35. The zero-order chi connectivity index (χ0) is 10.1. The van der Waals surface area contributed by atoms with Crippen LogP contribution in [0.3, 0.4) is 0 Å². The topological polar surface area (TPSA) is 29.3 Å². The molecule has 2 atom stereocenters. The standard InChI is InChI=1S/C10H15BrN2S/c1-13-5-4-7(6-12)10(13)8-2-3-9(11)14-8/h2-3,7,10H,4-6,12H2,1H3. The Bertz CT molecular complexity index is 313. The Morgan fingerprint density at radius 3 is 3.00 bits per heavy atom. The lowest BCUT2D eigenvalue weighted by molar-refractivity contribution is 0.284. The van der Waals surface area contributed by atoms with Gasteiger partial charge in [-0.1, -0.05) is 0 Å². The van der Waals surface area contributed by atoms with E-state index in [2.05, 4.69) is 40.0 Å². The van der Waals surface area contributed by atoms with E-state index >= 15 is 0 Å². The first-order valence-electron chi connectivity index (χ1n) is 4.88. The van der Waals surface area contributed by atoms with Gasteiger partial charge in [0, 0.05) is 10.9 Å². The summed E-state index contributed by atoms with van der Waals surface area (Å²) in [5.74, 6) is 0.630. The van der Waals surface area contributed by atoms with Gasteiger partial charge in [0.15, 0.2) is 0 Å². The molecule has 2 rings (SSSR count). The molecule has 1 aromatic heterocycles. The zero-order valence-corrected chi connectivity index (χ0v) is 10.6. The van der Waals surface area contributed by atoms with Crippen LogP contribution >= 0.6 is 27.3 Å². The van der Waals surface area contributed by atoms with Crippen LogP contribution in [0.1, 0.15) is 17.3 Å². The van der Waals surface area contributed by atoms with E-state index in [0.717, 1.165) is 6.54 Å². The summed E-state index contributed by atoms with van der Waals surface area (Å²) in [6.07, 6.45) is 1.23. The number of hydrogen-bond donors (Lipinski definition) is 1. The third kappa shape index (κ3) is 1.89. The Hall–Kier alpha value is 0.1000. The number of halogens is 1. The molecule has 1 aliphatic rings. The molecule has 1 fully saturated rings. The highest BCUT2D eigenvalue weighted by Crippen LogP contribution is 2.39. The molecule has 4 heteroatoms. The van der Waals surface area contributed by atoms with Crippen LogP contribution in [0.25, 0.3) is 0 Å². The lowest BCUT2D eigenvalue weighted by atomic mass is 9.99. The second kappa shape index (κ2) is 4.31. The number of nitrogens with zero attached hydrogens (tertiary/aromatic N) is 1. The molecule has 1 saturated heterocycles. The average Bonchev–Trinajstić information content (AvgIpc) is 2.71. The minimum atomic E-state index is 0.538. The molecule has 78 valence electrons. The second-order valence-electron chi connectivity index (χ2n) is 3.85. The summed E-state index contributed by atoms with van der Waals surface area (Å²) in [6.45, 7) is 1.96. The number of nitrogens with two attached hydrogens (primary N) is 1. The third-order valence-electron chi connectivity index (χ3n) is 2.96. The van der Waals surface area contributed by atoms with Crippen LogP contribution in [0.15, 0.2) is 15.9 Å². The van der Waals surface area contributed by atoms with Crippen molar-refractivity contribution in [1.29, 1.82) is 0 Å². The van der Waals surface area contributed by atoms with E-state index in [4.69, 9.17) is 5.73 Å². The van der Waals surface area contributed by atoms with Crippen LogP contribution in [0, 0.1) is 5.92 Å². The molecule has 1 aromatic rings. The minimum absolute atomic E-state index is 0.538. The highest BCUT2D eigenvalue weighted by molar-refractivity contribution is 9.11. The normalized spacial score (nSPS) is 28.5. The smallest absolute Gasteiger partial charge is 0.0701 e. The van der Waals surface area contributed by atoms with E-state index < -0.39 is 0 Å². The predicted molar refractivity (Wildman–Crippen MR) is 64.6 cm³/mol. The van der Waals surface area contributed by atoms with Gasteiger partial charge in [0.25, 0.3) is 0 Å². The average molecular weight is 275 g/mol. The maximum atomic E-state index is 5.80. The van der Waals surface area contributed by atoms with Crippen molar-refractivity contribution in [2.45, 2.75) is 12.5 Å². The third-order valence-corrected chi connectivity index (χ3v) is 4.66. The van der Waals surface area contributed by atoms with Crippen LogP contribution in [-0.2, 0) is 0 Å². The quantitative estimate of drug-likeness (QED) is 0.898. The van der Waals surface area contributed by atoms with Crippen molar-refractivity contribution in [3.8, 4) is 0 Å². The maximum absolute atomic E-state index is 5.80. The maximum Gasteiger partial charge on any atom is 0.0701 e. The molecule has 2 heterocycles. The fraction of sp³-hybridized carbons (Fsp3) is 0.600. The van der Waals surface area contributed by atoms with Gasteiger partial charge < -0.3 is 5.73 Å². The lowest BCUT2D eigenvalue weighted by Gasteiger charge is -2.22. The molecule has 2 N–H and O–H groups in total. The SMILES string of the molecule is CN1CCC(CN)C1c1ccc(Br)s1. The van der Waals surface area contributed by atoms with Crippen LogP contribution in [0.2, 0.25) is 0 Å². The molecule has 0 aliphatic carbocycles. The van der Waals surface area contributed by atoms with Gasteiger partial charge in [-0.15, -0.1) is 11.3 Å². The van der Waals surface area contributed by atoms with Gasteiger partial charge in [-0.25, -0.2) is 0 Å². The zero-order valence-electron chi connectivity index (χ0n) is 8.24. The van der Waals surface area contributed by atoms with E-state index in [1.54, 1.807) is 0 Å². The first kappa shape index (κ1) is 10.6. The van der Waals surface area contributed by atoms with Crippen LogP contribution < -0.4 is 5.73 Å². The van der Waals surface area contributed by atoms with Crippen molar-refractivity contribution in [2.75, 3.05) is 20.1 Å². The van der Waals surface area contributed by atoms with E-state index in [9.17, 15) is 0 Å². The van der Waals surface area contributed by atoms with Gasteiger partial charge in [0.05, 0.1) is 3.79 Å². The molecule has 0 saturated carbocycles. The van der Waals surface area contributed by atoms with Crippen molar-refractivity contribution < 1.29 is 0 Å². The van der Waals surface area contributed by atoms with E-state index in [-0.39, 0.29) is 0 Å². The summed E-state index contributed by atoms with van der Waals surface area (Å²) in [7, 11) is 2.19. The van der Waals surface area contributed by atoms with Gasteiger partial charge in [0.2, 0.25) is 0 Å². The van der Waals surface area contributed by atoms with Gasteiger partial charge >= 0.3 is 0 Å². The molecule has 0 bridgehead atoms. The molecule has 2 nitrogen and oxygen atoms in total. The largest absolute Gasteiger partial charge is 0.330 e.